The number of carbonyl (C=O) groups excluding carboxylic acids is 1. The lowest BCUT2D eigenvalue weighted by molar-refractivity contribution is 0.0798. The van der Waals surface area contributed by atoms with Crippen molar-refractivity contribution in [2.24, 2.45) is 0 Å². The van der Waals surface area contributed by atoms with Crippen molar-refractivity contribution in [2.75, 3.05) is 13.6 Å². The summed E-state index contributed by atoms with van der Waals surface area (Å²) >= 11 is 0. The van der Waals surface area contributed by atoms with E-state index in [0.717, 1.165) is 35.9 Å². The number of amides is 1. The number of hydrogen-bond donors (Lipinski definition) is 0. The zero-order chi connectivity index (χ0) is 17.4. The Hall–Kier alpha value is -2.76. The Labute approximate surface area is 145 Å². The Bertz CT molecular complexity index is 916. The summed E-state index contributed by atoms with van der Waals surface area (Å²) in [4.78, 5) is 23.4. The molecule has 0 atom stereocenters. The van der Waals surface area contributed by atoms with Gasteiger partial charge in [0.05, 0.1) is 16.6 Å². The average Bonchev–Trinajstić information content (AvgIpc) is 3.43. The second-order valence-electron chi connectivity index (χ2n) is 6.65. The summed E-state index contributed by atoms with van der Waals surface area (Å²) in [5.41, 5.74) is 3.91. The highest BCUT2D eigenvalue weighted by Gasteiger charge is 2.29. The van der Waals surface area contributed by atoms with Crippen LogP contribution in [-0.2, 0) is 6.42 Å². The summed E-state index contributed by atoms with van der Waals surface area (Å²) < 4.78 is 5.33. The molecule has 3 aromatic rings. The van der Waals surface area contributed by atoms with Gasteiger partial charge in [-0.1, -0.05) is 5.16 Å². The van der Waals surface area contributed by atoms with Gasteiger partial charge in [-0.05, 0) is 49.9 Å². The van der Waals surface area contributed by atoms with Crippen LogP contribution in [-0.4, -0.2) is 39.5 Å². The van der Waals surface area contributed by atoms with Crippen molar-refractivity contribution >= 4 is 17.0 Å². The highest BCUT2D eigenvalue weighted by atomic mass is 16.5. The lowest BCUT2D eigenvalue weighted by atomic mass is 10.1. The van der Waals surface area contributed by atoms with Gasteiger partial charge in [0.15, 0.2) is 0 Å². The molecule has 1 aliphatic carbocycles. The summed E-state index contributed by atoms with van der Waals surface area (Å²) in [7, 11) is 1.83. The first-order valence-electron chi connectivity index (χ1n) is 8.55. The van der Waals surface area contributed by atoms with Crippen LogP contribution in [0.15, 0.2) is 35.1 Å². The van der Waals surface area contributed by atoms with Crippen LogP contribution in [0.2, 0.25) is 0 Å². The van der Waals surface area contributed by atoms with Crippen molar-refractivity contribution in [1.82, 2.24) is 20.0 Å². The molecular weight excluding hydrogens is 316 g/mol. The summed E-state index contributed by atoms with van der Waals surface area (Å²) in [5, 5.41) is 4.72. The maximum Gasteiger partial charge on any atom is 0.259 e. The molecule has 3 heterocycles. The second kappa shape index (κ2) is 6.27. The van der Waals surface area contributed by atoms with Crippen LogP contribution in [0.25, 0.3) is 11.1 Å². The van der Waals surface area contributed by atoms with Gasteiger partial charge in [0.1, 0.15) is 0 Å². The third-order valence-electron chi connectivity index (χ3n) is 4.69. The summed E-state index contributed by atoms with van der Waals surface area (Å²) in [5.74, 6) is 0.429. The summed E-state index contributed by atoms with van der Waals surface area (Å²) in [6, 6.07) is 5.87. The molecule has 0 spiro atoms. The van der Waals surface area contributed by atoms with Crippen LogP contribution < -0.4 is 0 Å². The number of fused-ring (bicyclic) bond motifs is 1. The molecule has 0 aliphatic heterocycles. The Balaban J connectivity index is 1.61. The van der Waals surface area contributed by atoms with Crippen molar-refractivity contribution in [1.29, 1.82) is 0 Å². The van der Waals surface area contributed by atoms with Gasteiger partial charge in [-0.15, -0.1) is 0 Å². The van der Waals surface area contributed by atoms with E-state index >= 15 is 0 Å². The molecule has 6 heteroatoms. The number of carbonyl (C=O) groups is 1. The first-order valence-corrected chi connectivity index (χ1v) is 8.55. The fourth-order valence-electron chi connectivity index (χ4n) is 3.02. The van der Waals surface area contributed by atoms with Gasteiger partial charge in [-0.2, -0.15) is 0 Å². The molecule has 3 aromatic heterocycles. The van der Waals surface area contributed by atoms with Gasteiger partial charge >= 0.3 is 0 Å². The Morgan fingerprint density at radius 1 is 1.32 bits per heavy atom. The molecular formula is C19H20N4O2. The van der Waals surface area contributed by atoms with Crippen molar-refractivity contribution in [3.63, 3.8) is 0 Å². The summed E-state index contributed by atoms with van der Waals surface area (Å²) in [6.07, 6.45) is 6.57. The molecule has 0 radical (unpaired) electrons. The van der Waals surface area contributed by atoms with Crippen LogP contribution in [0.1, 0.15) is 46.1 Å². The predicted octanol–water partition coefficient (Wildman–Crippen LogP) is 3.12. The molecule has 1 aliphatic rings. The van der Waals surface area contributed by atoms with E-state index in [1.54, 1.807) is 17.3 Å². The largest absolute Gasteiger partial charge is 0.341 e. The highest BCUT2D eigenvalue weighted by Crippen LogP contribution is 2.40. The first kappa shape index (κ1) is 15.7. The van der Waals surface area contributed by atoms with Gasteiger partial charge in [-0.25, -0.2) is 4.98 Å². The molecule has 0 saturated heterocycles. The lowest BCUT2D eigenvalue weighted by Gasteiger charge is -2.18. The number of rotatable bonds is 5. The number of pyridine rings is 2. The minimum atomic E-state index is -0.0188. The minimum absolute atomic E-state index is 0.0188. The van der Waals surface area contributed by atoms with Crippen molar-refractivity contribution < 1.29 is 9.32 Å². The molecule has 0 N–H and O–H groups in total. The zero-order valence-corrected chi connectivity index (χ0v) is 14.4. The molecule has 4 rings (SSSR count). The summed E-state index contributed by atoms with van der Waals surface area (Å²) in [6.45, 7) is 2.48. The Kier molecular flexibility index (Phi) is 3.95. The minimum Gasteiger partial charge on any atom is -0.341 e. The molecule has 25 heavy (non-hydrogen) atoms. The quantitative estimate of drug-likeness (QED) is 0.716. The predicted molar refractivity (Wildman–Crippen MR) is 93.4 cm³/mol. The van der Waals surface area contributed by atoms with Crippen LogP contribution >= 0.6 is 0 Å². The smallest absolute Gasteiger partial charge is 0.259 e. The fourth-order valence-corrected chi connectivity index (χ4v) is 3.02. The molecule has 0 bridgehead atoms. The van der Waals surface area contributed by atoms with Crippen molar-refractivity contribution in [2.45, 2.75) is 32.1 Å². The normalized spacial score (nSPS) is 14.0. The van der Waals surface area contributed by atoms with E-state index in [1.807, 2.05) is 32.2 Å². The van der Waals surface area contributed by atoms with Gasteiger partial charge in [0.25, 0.3) is 11.6 Å². The maximum absolute atomic E-state index is 13.0. The number of aryl methyl sites for hydroxylation is 1. The molecule has 1 amide bonds. The van der Waals surface area contributed by atoms with Crippen LogP contribution in [0.4, 0.5) is 0 Å². The molecule has 128 valence electrons. The van der Waals surface area contributed by atoms with Gasteiger partial charge in [0.2, 0.25) is 0 Å². The third-order valence-corrected chi connectivity index (χ3v) is 4.69. The molecule has 1 fully saturated rings. The number of nitrogens with zero attached hydrogens (tertiary/aromatic N) is 4. The van der Waals surface area contributed by atoms with E-state index in [0.29, 0.717) is 29.4 Å². The lowest BCUT2D eigenvalue weighted by Crippen LogP contribution is -2.29. The number of hydrogen-bond acceptors (Lipinski definition) is 5. The fraction of sp³-hybridized carbons (Fsp3) is 0.368. The first-order chi connectivity index (χ1) is 12.1. The van der Waals surface area contributed by atoms with E-state index in [-0.39, 0.29) is 5.91 Å². The van der Waals surface area contributed by atoms with Gasteiger partial charge in [0, 0.05) is 37.6 Å². The van der Waals surface area contributed by atoms with Crippen LogP contribution in [0.3, 0.4) is 0 Å². The van der Waals surface area contributed by atoms with E-state index in [4.69, 9.17) is 4.52 Å². The number of aromatic nitrogens is 3. The molecule has 6 nitrogen and oxygen atoms in total. The van der Waals surface area contributed by atoms with Crippen LogP contribution in [0, 0.1) is 6.92 Å². The second-order valence-corrected chi connectivity index (χ2v) is 6.65. The van der Waals surface area contributed by atoms with Crippen LogP contribution in [0.5, 0.6) is 0 Å². The zero-order valence-electron chi connectivity index (χ0n) is 14.4. The molecule has 1 saturated carbocycles. The topological polar surface area (TPSA) is 72.1 Å². The van der Waals surface area contributed by atoms with E-state index in [2.05, 4.69) is 15.1 Å². The SMILES string of the molecule is Cc1noc2nc(C3CC3)cc(C(=O)N(C)CCc3ccncc3)c12. The number of likely N-dealkylation sites (N-methyl/N-ethyl adjacent to an activating group) is 1. The van der Waals surface area contributed by atoms with E-state index in [9.17, 15) is 4.79 Å². The van der Waals surface area contributed by atoms with E-state index < -0.39 is 0 Å². The molecule has 0 unspecified atom stereocenters. The van der Waals surface area contributed by atoms with E-state index in [1.165, 1.54) is 0 Å². The average molecular weight is 336 g/mol. The Morgan fingerprint density at radius 3 is 2.80 bits per heavy atom. The third kappa shape index (κ3) is 3.12. The standard InChI is InChI=1S/C19H20N4O2/c1-12-17-15(11-16(14-3-4-14)21-18(17)25-22-12)19(24)23(2)10-7-13-5-8-20-9-6-13/h5-6,8-9,11,14H,3-4,7,10H2,1-2H3. The van der Waals surface area contributed by atoms with Crippen molar-refractivity contribution in [3.8, 4) is 0 Å². The maximum atomic E-state index is 13.0. The van der Waals surface area contributed by atoms with Crippen molar-refractivity contribution in [3.05, 3.63) is 53.1 Å². The monoisotopic (exact) mass is 336 g/mol. The highest BCUT2D eigenvalue weighted by molar-refractivity contribution is 6.06. The van der Waals surface area contributed by atoms with Gasteiger partial charge < -0.3 is 9.42 Å². The molecule has 0 aromatic carbocycles. The Morgan fingerprint density at radius 2 is 2.08 bits per heavy atom. The van der Waals surface area contributed by atoms with Gasteiger partial charge in [-0.3, -0.25) is 9.78 Å².